The Balaban J connectivity index is 2.18. The van der Waals surface area contributed by atoms with Crippen molar-refractivity contribution in [3.63, 3.8) is 0 Å². The largest absolute Gasteiger partial charge is 0.326 e. The first kappa shape index (κ1) is 15.0. The van der Waals surface area contributed by atoms with Crippen LogP contribution in [0.1, 0.15) is 11.1 Å². The molecule has 0 bridgehead atoms. The van der Waals surface area contributed by atoms with Crippen LogP contribution in [0, 0.1) is 0 Å². The number of hydrogen-bond donors (Lipinski definition) is 2. The summed E-state index contributed by atoms with van der Waals surface area (Å²) in [6.07, 6.45) is 0. The van der Waals surface area contributed by atoms with Crippen LogP contribution in [0.4, 0.5) is 0 Å². The summed E-state index contributed by atoms with van der Waals surface area (Å²) >= 11 is 5.92. The summed E-state index contributed by atoms with van der Waals surface area (Å²) in [5.41, 5.74) is 7.03. The molecule has 0 amide bonds. The smallest absolute Gasteiger partial charge is 0.240 e. The molecule has 6 heteroatoms. The van der Waals surface area contributed by atoms with Crippen LogP contribution in [0.2, 0.25) is 5.02 Å². The van der Waals surface area contributed by atoms with Gasteiger partial charge in [0, 0.05) is 18.1 Å². The molecule has 0 aliphatic rings. The van der Waals surface area contributed by atoms with Gasteiger partial charge in [0.2, 0.25) is 10.0 Å². The number of benzene rings is 2. The molecule has 0 atom stereocenters. The molecule has 20 heavy (non-hydrogen) atoms. The Kier molecular flexibility index (Phi) is 4.77. The van der Waals surface area contributed by atoms with Crippen molar-refractivity contribution in [1.29, 1.82) is 0 Å². The molecule has 0 unspecified atom stereocenters. The highest BCUT2D eigenvalue weighted by atomic mass is 35.5. The molecule has 4 nitrogen and oxygen atoms in total. The monoisotopic (exact) mass is 310 g/mol. The first-order valence-corrected chi connectivity index (χ1v) is 7.91. The summed E-state index contributed by atoms with van der Waals surface area (Å²) in [4.78, 5) is 0.165. The van der Waals surface area contributed by atoms with E-state index in [0.717, 1.165) is 5.56 Å². The fourth-order valence-electron chi connectivity index (χ4n) is 1.73. The van der Waals surface area contributed by atoms with Gasteiger partial charge < -0.3 is 5.73 Å². The number of halogens is 1. The second-order valence-corrected chi connectivity index (χ2v) is 6.44. The normalized spacial score (nSPS) is 11.5. The molecule has 0 spiro atoms. The van der Waals surface area contributed by atoms with Gasteiger partial charge in [-0.2, -0.15) is 0 Å². The third-order valence-electron chi connectivity index (χ3n) is 2.86. The Morgan fingerprint density at radius 3 is 2.45 bits per heavy atom. The standard InChI is InChI=1S/C14H15ClN2O2S/c15-14-7-6-13(8-12(14)9-16)20(18,19)17-10-11-4-2-1-3-5-11/h1-8,17H,9-10,16H2. The summed E-state index contributed by atoms with van der Waals surface area (Å²) in [5.74, 6) is 0. The zero-order chi connectivity index (χ0) is 14.6. The average Bonchev–Trinajstić information content (AvgIpc) is 2.46. The molecule has 106 valence electrons. The van der Waals surface area contributed by atoms with Crippen LogP contribution in [0.3, 0.4) is 0 Å². The van der Waals surface area contributed by atoms with Crippen LogP contribution in [-0.2, 0) is 23.1 Å². The van der Waals surface area contributed by atoms with E-state index in [1.807, 2.05) is 30.3 Å². The predicted molar refractivity (Wildman–Crippen MR) is 79.8 cm³/mol. The quantitative estimate of drug-likeness (QED) is 0.890. The molecule has 2 aromatic carbocycles. The number of rotatable bonds is 5. The van der Waals surface area contributed by atoms with Crippen LogP contribution >= 0.6 is 11.6 Å². The highest BCUT2D eigenvalue weighted by Gasteiger charge is 2.15. The van der Waals surface area contributed by atoms with Crippen molar-refractivity contribution in [3.8, 4) is 0 Å². The molecular weight excluding hydrogens is 296 g/mol. The minimum atomic E-state index is -3.57. The van der Waals surface area contributed by atoms with Crippen molar-refractivity contribution in [2.24, 2.45) is 5.73 Å². The summed E-state index contributed by atoms with van der Waals surface area (Å²) in [6, 6.07) is 13.8. The average molecular weight is 311 g/mol. The van der Waals surface area contributed by atoms with E-state index in [9.17, 15) is 8.42 Å². The zero-order valence-electron chi connectivity index (χ0n) is 10.7. The lowest BCUT2D eigenvalue weighted by Crippen LogP contribution is -2.23. The topological polar surface area (TPSA) is 72.2 Å². The van der Waals surface area contributed by atoms with Gasteiger partial charge >= 0.3 is 0 Å². The maximum atomic E-state index is 12.2. The van der Waals surface area contributed by atoms with Crippen LogP contribution in [0.25, 0.3) is 0 Å². The zero-order valence-corrected chi connectivity index (χ0v) is 12.3. The molecule has 0 aliphatic heterocycles. The van der Waals surface area contributed by atoms with E-state index in [4.69, 9.17) is 17.3 Å². The minimum Gasteiger partial charge on any atom is -0.326 e. The van der Waals surface area contributed by atoms with Crippen molar-refractivity contribution in [3.05, 3.63) is 64.7 Å². The molecule has 2 aromatic rings. The Bertz CT molecular complexity index is 688. The highest BCUT2D eigenvalue weighted by Crippen LogP contribution is 2.20. The number of nitrogens with two attached hydrogens (primary N) is 1. The minimum absolute atomic E-state index is 0.165. The van der Waals surface area contributed by atoms with Gasteiger partial charge in [-0.15, -0.1) is 0 Å². The predicted octanol–water partition coefficient (Wildman–Crippen LogP) is 2.28. The van der Waals surface area contributed by atoms with E-state index in [0.29, 0.717) is 10.6 Å². The third-order valence-corrected chi connectivity index (χ3v) is 4.62. The van der Waals surface area contributed by atoms with Crippen LogP contribution in [0.15, 0.2) is 53.4 Å². The second-order valence-electron chi connectivity index (χ2n) is 4.27. The van der Waals surface area contributed by atoms with E-state index in [1.165, 1.54) is 12.1 Å². The van der Waals surface area contributed by atoms with Crippen LogP contribution < -0.4 is 10.5 Å². The molecule has 0 radical (unpaired) electrons. The van der Waals surface area contributed by atoms with Crippen molar-refractivity contribution in [1.82, 2.24) is 4.72 Å². The van der Waals surface area contributed by atoms with E-state index < -0.39 is 10.0 Å². The maximum Gasteiger partial charge on any atom is 0.240 e. The fraction of sp³-hybridized carbons (Fsp3) is 0.143. The van der Waals surface area contributed by atoms with E-state index >= 15 is 0 Å². The Morgan fingerprint density at radius 2 is 1.80 bits per heavy atom. The Morgan fingerprint density at radius 1 is 1.10 bits per heavy atom. The van der Waals surface area contributed by atoms with Crippen molar-refractivity contribution < 1.29 is 8.42 Å². The van der Waals surface area contributed by atoms with E-state index in [1.54, 1.807) is 6.07 Å². The lowest BCUT2D eigenvalue weighted by Gasteiger charge is -2.09. The van der Waals surface area contributed by atoms with Crippen LogP contribution in [0.5, 0.6) is 0 Å². The number of sulfonamides is 1. The lowest BCUT2D eigenvalue weighted by atomic mass is 10.2. The van der Waals surface area contributed by atoms with Crippen molar-refractivity contribution >= 4 is 21.6 Å². The first-order valence-electron chi connectivity index (χ1n) is 6.05. The fourth-order valence-corrected chi connectivity index (χ4v) is 2.99. The van der Waals surface area contributed by atoms with Gasteiger partial charge in [-0.3, -0.25) is 0 Å². The number of hydrogen-bond acceptors (Lipinski definition) is 3. The molecule has 0 saturated heterocycles. The summed E-state index contributed by atoms with van der Waals surface area (Å²) < 4.78 is 26.9. The molecular formula is C14H15ClN2O2S. The third kappa shape index (κ3) is 3.58. The van der Waals surface area contributed by atoms with Crippen molar-refractivity contribution in [2.75, 3.05) is 0 Å². The molecule has 0 saturated carbocycles. The summed E-state index contributed by atoms with van der Waals surface area (Å²) in [5, 5.41) is 0.467. The summed E-state index contributed by atoms with van der Waals surface area (Å²) in [6.45, 7) is 0.435. The lowest BCUT2D eigenvalue weighted by molar-refractivity contribution is 0.581. The van der Waals surface area contributed by atoms with E-state index in [2.05, 4.69) is 4.72 Å². The van der Waals surface area contributed by atoms with Crippen molar-refractivity contribution in [2.45, 2.75) is 18.0 Å². The molecule has 0 aromatic heterocycles. The number of nitrogens with one attached hydrogen (secondary N) is 1. The van der Waals surface area contributed by atoms with Gasteiger partial charge in [0.25, 0.3) is 0 Å². The molecule has 0 fully saturated rings. The maximum absolute atomic E-state index is 12.2. The van der Waals surface area contributed by atoms with E-state index in [-0.39, 0.29) is 18.0 Å². The summed E-state index contributed by atoms with van der Waals surface area (Å²) in [7, 11) is -3.57. The first-order chi connectivity index (χ1) is 9.53. The molecule has 2 rings (SSSR count). The molecule has 0 aliphatic carbocycles. The SMILES string of the molecule is NCc1cc(S(=O)(=O)NCc2ccccc2)ccc1Cl. The van der Waals surface area contributed by atoms with Gasteiger partial charge in [0.15, 0.2) is 0 Å². The Labute approximate surface area is 123 Å². The Hall–Kier alpha value is -1.40. The molecule has 0 heterocycles. The van der Waals surface area contributed by atoms with Gasteiger partial charge in [-0.1, -0.05) is 41.9 Å². The molecule has 3 N–H and O–H groups in total. The second kappa shape index (κ2) is 6.37. The van der Waals surface area contributed by atoms with Gasteiger partial charge in [0.05, 0.1) is 4.90 Å². The van der Waals surface area contributed by atoms with Gasteiger partial charge in [-0.25, -0.2) is 13.1 Å². The van der Waals surface area contributed by atoms with Gasteiger partial charge in [0.1, 0.15) is 0 Å². The van der Waals surface area contributed by atoms with Gasteiger partial charge in [-0.05, 0) is 29.3 Å². The highest BCUT2D eigenvalue weighted by molar-refractivity contribution is 7.89. The van der Waals surface area contributed by atoms with Crippen LogP contribution in [-0.4, -0.2) is 8.42 Å².